The normalized spacial score (nSPS) is 10.3. The second-order valence-corrected chi connectivity index (χ2v) is 6.39. The highest BCUT2D eigenvalue weighted by Crippen LogP contribution is 2.16. The molecule has 0 aliphatic heterocycles. The lowest BCUT2D eigenvalue weighted by atomic mass is 10.2. The molecule has 148 valence electrons. The zero-order valence-corrected chi connectivity index (χ0v) is 16.1. The van der Waals surface area contributed by atoms with Crippen molar-refractivity contribution in [1.82, 2.24) is 0 Å². The topological polar surface area (TPSA) is 90.9 Å². The van der Waals surface area contributed by atoms with Gasteiger partial charge in [-0.25, -0.2) is 9.59 Å². The maximum absolute atomic E-state index is 12.1. The van der Waals surface area contributed by atoms with Crippen LogP contribution in [0.4, 0.5) is 5.69 Å². The number of rotatable bonds is 8. The third-order valence-corrected chi connectivity index (χ3v) is 3.61. The van der Waals surface area contributed by atoms with Crippen LogP contribution in [0, 0.1) is 5.92 Å². The molecule has 0 aliphatic carbocycles. The molecule has 0 saturated carbocycles. The summed E-state index contributed by atoms with van der Waals surface area (Å²) in [5.41, 5.74) is 0.795. The summed E-state index contributed by atoms with van der Waals surface area (Å²) >= 11 is 0. The summed E-state index contributed by atoms with van der Waals surface area (Å²) in [6.45, 7) is 4.18. The first-order valence-electron chi connectivity index (χ1n) is 8.78. The lowest BCUT2D eigenvalue weighted by Crippen LogP contribution is -2.22. The van der Waals surface area contributed by atoms with Crippen LogP contribution in [0.1, 0.15) is 34.6 Å². The number of ether oxygens (including phenoxy) is 3. The summed E-state index contributed by atoms with van der Waals surface area (Å²) in [5.74, 6) is -0.726. The number of hydrogen-bond acceptors (Lipinski definition) is 6. The molecule has 1 N–H and O–H groups in total. The van der Waals surface area contributed by atoms with Gasteiger partial charge in [-0.15, -0.1) is 0 Å². The molecule has 0 fully saturated rings. The van der Waals surface area contributed by atoms with Crippen molar-refractivity contribution in [3.63, 3.8) is 0 Å². The van der Waals surface area contributed by atoms with Gasteiger partial charge in [0.1, 0.15) is 5.75 Å². The van der Waals surface area contributed by atoms with Gasteiger partial charge in [0.15, 0.2) is 6.61 Å². The molecule has 2 aromatic rings. The molecule has 0 atom stereocenters. The minimum absolute atomic E-state index is 0.210. The third kappa shape index (κ3) is 6.12. The van der Waals surface area contributed by atoms with E-state index in [9.17, 15) is 14.4 Å². The molecule has 1 amide bonds. The zero-order chi connectivity index (χ0) is 20.5. The zero-order valence-electron chi connectivity index (χ0n) is 16.1. The Balaban J connectivity index is 1.89. The highest BCUT2D eigenvalue weighted by atomic mass is 16.5. The number of carbonyl (C=O) groups excluding carboxylic acids is 3. The number of anilines is 1. The first-order valence-corrected chi connectivity index (χ1v) is 8.78. The number of esters is 2. The molecule has 0 unspecified atom stereocenters. The van der Waals surface area contributed by atoms with Crippen LogP contribution in [0.5, 0.6) is 5.75 Å². The van der Waals surface area contributed by atoms with E-state index in [1.165, 1.54) is 13.2 Å². The molecule has 2 rings (SSSR count). The van der Waals surface area contributed by atoms with Gasteiger partial charge < -0.3 is 19.5 Å². The highest BCUT2D eigenvalue weighted by Gasteiger charge is 2.15. The molecule has 28 heavy (non-hydrogen) atoms. The van der Waals surface area contributed by atoms with Crippen LogP contribution in [0.15, 0.2) is 48.5 Å². The molecule has 0 spiro atoms. The fourth-order valence-electron chi connectivity index (χ4n) is 2.23. The van der Waals surface area contributed by atoms with Gasteiger partial charge in [0.05, 0.1) is 30.5 Å². The van der Waals surface area contributed by atoms with Gasteiger partial charge in [0, 0.05) is 0 Å². The Labute approximate surface area is 163 Å². The average molecular weight is 385 g/mol. The van der Waals surface area contributed by atoms with E-state index in [2.05, 4.69) is 10.1 Å². The SMILES string of the molecule is COC(=O)c1ccccc1NC(=O)COC(=O)c1ccc(OCC(C)C)cc1. The molecule has 0 saturated heterocycles. The molecular weight excluding hydrogens is 362 g/mol. The van der Waals surface area contributed by atoms with Crippen LogP contribution in [-0.4, -0.2) is 38.2 Å². The Kier molecular flexibility index (Phi) is 7.56. The molecule has 0 aliphatic rings. The van der Waals surface area contributed by atoms with Crippen molar-refractivity contribution in [2.45, 2.75) is 13.8 Å². The molecule has 7 heteroatoms. The predicted molar refractivity (Wildman–Crippen MR) is 103 cm³/mol. The van der Waals surface area contributed by atoms with Crippen LogP contribution in [0.25, 0.3) is 0 Å². The maximum atomic E-state index is 12.1. The summed E-state index contributed by atoms with van der Waals surface area (Å²) < 4.78 is 15.2. The Morgan fingerprint density at radius 1 is 0.964 bits per heavy atom. The van der Waals surface area contributed by atoms with Crippen LogP contribution >= 0.6 is 0 Å². The van der Waals surface area contributed by atoms with E-state index in [1.807, 2.05) is 13.8 Å². The molecule has 2 aromatic carbocycles. The van der Waals surface area contributed by atoms with Gasteiger partial charge in [-0.05, 0) is 42.3 Å². The van der Waals surface area contributed by atoms with Gasteiger partial charge >= 0.3 is 11.9 Å². The second kappa shape index (κ2) is 10.1. The van der Waals surface area contributed by atoms with Crippen LogP contribution < -0.4 is 10.1 Å². The number of benzene rings is 2. The Morgan fingerprint density at radius 2 is 1.64 bits per heavy atom. The summed E-state index contributed by atoms with van der Waals surface area (Å²) in [6, 6.07) is 12.9. The first-order chi connectivity index (χ1) is 13.4. The van der Waals surface area contributed by atoms with Gasteiger partial charge in [-0.3, -0.25) is 4.79 Å². The predicted octanol–water partition coefficient (Wildman–Crippen LogP) is 3.30. The van der Waals surface area contributed by atoms with Crippen LogP contribution in [-0.2, 0) is 14.3 Å². The molecule has 0 radical (unpaired) electrons. The second-order valence-electron chi connectivity index (χ2n) is 6.39. The molecule has 7 nitrogen and oxygen atoms in total. The lowest BCUT2D eigenvalue weighted by Gasteiger charge is -2.10. The largest absolute Gasteiger partial charge is 0.493 e. The minimum Gasteiger partial charge on any atom is -0.493 e. The van der Waals surface area contributed by atoms with Crippen LogP contribution in [0.2, 0.25) is 0 Å². The Hall–Kier alpha value is -3.35. The van der Waals surface area contributed by atoms with E-state index in [1.54, 1.807) is 42.5 Å². The Morgan fingerprint density at radius 3 is 2.29 bits per heavy atom. The monoisotopic (exact) mass is 385 g/mol. The summed E-state index contributed by atoms with van der Waals surface area (Å²) in [7, 11) is 1.25. The van der Waals surface area contributed by atoms with E-state index in [0.29, 0.717) is 23.8 Å². The van der Waals surface area contributed by atoms with Crippen molar-refractivity contribution in [2.24, 2.45) is 5.92 Å². The van der Waals surface area contributed by atoms with Gasteiger partial charge in [-0.2, -0.15) is 0 Å². The van der Waals surface area contributed by atoms with Crippen LogP contribution in [0.3, 0.4) is 0 Å². The third-order valence-electron chi connectivity index (χ3n) is 3.61. The fourth-order valence-corrected chi connectivity index (χ4v) is 2.23. The smallest absolute Gasteiger partial charge is 0.339 e. The standard InChI is InChI=1S/C21H23NO6/c1-14(2)12-27-16-10-8-15(9-11-16)20(24)28-13-19(23)22-18-7-5-4-6-17(18)21(25)26-3/h4-11,14H,12-13H2,1-3H3,(H,22,23). The minimum atomic E-state index is -0.633. The number of amides is 1. The molecule has 0 heterocycles. The first kappa shape index (κ1) is 21.0. The van der Waals surface area contributed by atoms with Crippen molar-refractivity contribution in [3.05, 3.63) is 59.7 Å². The van der Waals surface area contributed by atoms with Gasteiger partial charge in [0.2, 0.25) is 0 Å². The quantitative estimate of drug-likeness (QED) is 0.701. The number of nitrogens with one attached hydrogen (secondary N) is 1. The van der Waals surface area contributed by atoms with Crippen molar-refractivity contribution in [2.75, 3.05) is 25.6 Å². The summed E-state index contributed by atoms with van der Waals surface area (Å²) in [5, 5.41) is 2.53. The fraction of sp³-hybridized carbons (Fsp3) is 0.286. The van der Waals surface area contributed by atoms with E-state index in [4.69, 9.17) is 9.47 Å². The van der Waals surface area contributed by atoms with Crippen molar-refractivity contribution >= 4 is 23.5 Å². The molecular formula is C21H23NO6. The molecule has 0 bridgehead atoms. The summed E-state index contributed by atoms with van der Waals surface area (Å²) in [6.07, 6.45) is 0. The summed E-state index contributed by atoms with van der Waals surface area (Å²) in [4.78, 5) is 35.8. The number of hydrogen-bond donors (Lipinski definition) is 1. The van der Waals surface area contributed by atoms with E-state index < -0.39 is 24.5 Å². The van der Waals surface area contributed by atoms with Gasteiger partial charge in [-0.1, -0.05) is 26.0 Å². The highest BCUT2D eigenvalue weighted by molar-refractivity contribution is 6.02. The van der Waals surface area contributed by atoms with Crippen molar-refractivity contribution in [1.29, 1.82) is 0 Å². The number of methoxy groups -OCH3 is 1. The van der Waals surface area contributed by atoms with E-state index >= 15 is 0 Å². The molecule has 0 aromatic heterocycles. The maximum Gasteiger partial charge on any atom is 0.339 e. The lowest BCUT2D eigenvalue weighted by molar-refractivity contribution is -0.119. The average Bonchev–Trinajstić information content (AvgIpc) is 2.70. The van der Waals surface area contributed by atoms with Crippen molar-refractivity contribution < 1.29 is 28.6 Å². The number of carbonyl (C=O) groups is 3. The van der Waals surface area contributed by atoms with E-state index in [0.717, 1.165) is 0 Å². The van der Waals surface area contributed by atoms with Crippen molar-refractivity contribution in [3.8, 4) is 5.75 Å². The number of para-hydroxylation sites is 1. The van der Waals surface area contributed by atoms with Gasteiger partial charge in [0.25, 0.3) is 5.91 Å². The Bertz CT molecular complexity index is 829. The van der Waals surface area contributed by atoms with E-state index in [-0.39, 0.29) is 11.3 Å².